The average molecular weight is 259 g/mol. The fraction of sp³-hybridized carbons (Fsp3) is 0.286. The Morgan fingerprint density at radius 1 is 1.37 bits per heavy atom. The third kappa shape index (κ3) is 2.45. The van der Waals surface area contributed by atoms with E-state index >= 15 is 0 Å². The number of hydrogen-bond donors (Lipinski definition) is 1. The monoisotopic (exact) mass is 259 g/mol. The predicted octanol–water partition coefficient (Wildman–Crippen LogP) is 2.19. The van der Waals surface area contributed by atoms with Crippen LogP contribution in [-0.4, -0.2) is 22.9 Å². The summed E-state index contributed by atoms with van der Waals surface area (Å²) in [5.74, 6) is 0.0401. The second kappa shape index (κ2) is 5.56. The van der Waals surface area contributed by atoms with Gasteiger partial charge in [0.05, 0.1) is 12.8 Å². The van der Waals surface area contributed by atoms with E-state index in [9.17, 15) is 4.79 Å². The molecule has 0 unspecified atom stereocenters. The summed E-state index contributed by atoms with van der Waals surface area (Å²) in [5, 5.41) is 4.29. The number of aromatic nitrogens is 2. The summed E-state index contributed by atoms with van der Waals surface area (Å²) in [7, 11) is 1.34. The van der Waals surface area contributed by atoms with Crippen molar-refractivity contribution in [2.75, 3.05) is 12.8 Å². The molecule has 5 nitrogen and oxygen atoms in total. The Morgan fingerprint density at radius 3 is 2.63 bits per heavy atom. The first-order valence-corrected chi connectivity index (χ1v) is 6.20. The minimum absolute atomic E-state index is 0.297. The molecule has 2 rings (SSSR count). The minimum atomic E-state index is -0.454. The molecule has 2 aromatic rings. The first-order valence-electron chi connectivity index (χ1n) is 6.20. The van der Waals surface area contributed by atoms with Gasteiger partial charge in [-0.15, -0.1) is 0 Å². The van der Waals surface area contributed by atoms with Crippen molar-refractivity contribution in [3.8, 4) is 5.69 Å². The van der Waals surface area contributed by atoms with Crippen LogP contribution in [-0.2, 0) is 11.2 Å². The zero-order valence-electron chi connectivity index (χ0n) is 11.1. The van der Waals surface area contributed by atoms with Crippen LogP contribution in [0.25, 0.3) is 5.69 Å². The van der Waals surface area contributed by atoms with Crippen molar-refractivity contribution in [3.05, 3.63) is 41.6 Å². The smallest absolute Gasteiger partial charge is 0.358 e. The Kier molecular flexibility index (Phi) is 3.85. The number of esters is 1. The van der Waals surface area contributed by atoms with E-state index in [1.165, 1.54) is 7.11 Å². The quantitative estimate of drug-likeness (QED) is 0.854. The molecule has 0 saturated heterocycles. The van der Waals surface area contributed by atoms with E-state index in [1.807, 2.05) is 37.3 Å². The van der Waals surface area contributed by atoms with Crippen LogP contribution in [0.15, 0.2) is 30.3 Å². The summed E-state index contributed by atoms with van der Waals surface area (Å²) < 4.78 is 6.34. The Morgan fingerprint density at radius 2 is 2.05 bits per heavy atom. The van der Waals surface area contributed by atoms with Gasteiger partial charge in [0.25, 0.3) is 0 Å². The molecule has 1 aromatic carbocycles. The van der Waals surface area contributed by atoms with Gasteiger partial charge in [-0.3, -0.25) is 0 Å². The van der Waals surface area contributed by atoms with Gasteiger partial charge in [-0.25, -0.2) is 9.48 Å². The van der Waals surface area contributed by atoms with E-state index in [1.54, 1.807) is 4.68 Å². The highest BCUT2D eigenvalue weighted by atomic mass is 16.5. The number of nitrogens with zero attached hydrogens (tertiary/aromatic N) is 2. The largest absolute Gasteiger partial charge is 0.464 e. The summed E-state index contributed by atoms with van der Waals surface area (Å²) in [6.45, 7) is 2.03. The van der Waals surface area contributed by atoms with Gasteiger partial charge in [0.1, 0.15) is 5.82 Å². The van der Waals surface area contributed by atoms with Crippen molar-refractivity contribution in [3.63, 3.8) is 0 Å². The normalized spacial score (nSPS) is 10.4. The van der Waals surface area contributed by atoms with Gasteiger partial charge in [0, 0.05) is 5.56 Å². The molecule has 0 amide bonds. The van der Waals surface area contributed by atoms with Crippen LogP contribution in [0.2, 0.25) is 0 Å². The van der Waals surface area contributed by atoms with Crippen molar-refractivity contribution >= 4 is 11.8 Å². The Hall–Kier alpha value is -2.30. The van der Waals surface area contributed by atoms with Gasteiger partial charge in [0.15, 0.2) is 5.69 Å². The molecule has 5 heteroatoms. The lowest BCUT2D eigenvalue weighted by Gasteiger charge is -2.04. The number of ether oxygens (including phenoxy) is 1. The lowest BCUT2D eigenvalue weighted by molar-refractivity contribution is 0.0592. The lowest BCUT2D eigenvalue weighted by Crippen LogP contribution is -2.06. The molecule has 0 bridgehead atoms. The molecule has 100 valence electrons. The number of nitrogen functional groups attached to an aromatic ring is 1. The first kappa shape index (κ1) is 13.1. The molecule has 2 N–H and O–H groups in total. The molecule has 0 aliphatic heterocycles. The summed E-state index contributed by atoms with van der Waals surface area (Å²) in [6.07, 6.45) is 1.58. The number of carbonyl (C=O) groups excluding carboxylic acids is 1. The fourth-order valence-corrected chi connectivity index (χ4v) is 1.99. The molecule has 1 heterocycles. The topological polar surface area (TPSA) is 70.1 Å². The summed E-state index contributed by atoms with van der Waals surface area (Å²) in [6, 6.07) is 9.49. The molecule has 1 aromatic heterocycles. The highest BCUT2D eigenvalue weighted by Crippen LogP contribution is 2.23. The number of hydrogen-bond acceptors (Lipinski definition) is 4. The molecule has 0 radical (unpaired) electrons. The summed E-state index contributed by atoms with van der Waals surface area (Å²) in [5.41, 5.74) is 7.98. The van der Waals surface area contributed by atoms with Gasteiger partial charge >= 0.3 is 5.97 Å². The number of benzene rings is 1. The SMILES string of the molecule is CCCc1c(C(=O)OC)nn(-c2ccccc2)c1N. The second-order valence-electron chi connectivity index (χ2n) is 4.20. The van der Waals surface area contributed by atoms with Crippen LogP contribution >= 0.6 is 0 Å². The molecule has 0 saturated carbocycles. The molecule has 0 aliphatic rings. The van der Waals surface area contributed by atoms with Crippen molar-refractivity contribution in [2.24, 2.45) is 0 Å². The number of anilines is 1. The van der Waals surface area contributed by atoms with Crippen molar-refractivity contribution < 1.29 is 9.53 Å². The van der Waals surface area contributed by atoms with Crippen molar-refractivity contribution in [2.45, 2.75) is 19.8 Å². The number of rotatable bonds is 4. The Bertz CT molecular complexity index is 576. The maximum absolute atomic E-state index is 11.8. The standard InChI is InChI=1S/C14H17N3O2/c1-3-7-11-12(14(18)19-2)16-17(13(11)15)10-8-5-4-6-9-10/h4-6,8-9H,3,7,15H2,1-2H3. The molecule has 0 fully saturated rings. The molecule has 0 aliphatic carbocycles. The van der Waals surface area contributed by atoms with E-state index in [-0.39, 0.29) is 0 Å². The van der Waals surface area contributed by atoms with Crippen LogP contribution in [0.1, 0.15) is 29.4 Å². The molecule has 0 atom stereocenters. The average Bonchev–Trinajstić information content (AvgIpc) is 2.77. The van der Waals surface area contributed by atoms with E-state index in [4.69, 9.17) is 10.5 Å². The zero-order valence-corrected chi connectivity index (χ0v) is 11.1. The fourth-order valence-electron chi connectivity index (χ4n) is 1.99. The number of nitrogens with two attached hydrogens (primary N) is 1. The van der Waals surface area contributed by atoms with Gasteiger partial charge in [0.2, 0.25) is 0 Å². The number of methoxy groups -OCH3 is 1. The summed E-state index contributed by atoms with van der Waals surface area (Å²) >= 11 is 0. The second-order valence-corrected chi connectivity index (χ2v) is 4.20. The van der Waals surface area contributed by atoms with E-state index in [0.717, 1.165) is 17.7 Å². The van der Waals surface area contributed by atoms with Crippen LogP contribution < -0.4 is 5.73 Å². The molecular formula is C14H17N3O2. The predicted molar refractivity (Wildman–Crippen MR) is 73.3 cm³/mol. The minimum Gasteiger partial charge on any atom is -0.464 e. The van der Waals surface area contributed by atoms with E-state index < -0.39 is 5.97 Å². The van der Waals surface area contributed by atoms with Crippen molar-refractivity contribution in [1.82, 2.24) is 9.78 Å². The number of para-hydroxylation sites is 1. The molecular weight excluding hydrogens is 242 g/mol. The van der Waals surface area contributed by atoms with Gasteiger partial charge in [-0.05, 0) is 18.6 Å². The highest BCUT2D eigenvalue weighted by Gasteiger charge is 2.21. The van der Waals surface area contributed by atoms with Gasteiger partial charge < -0.3 is 10.5 Å². The van der Waals surface area contributed by atoms with Crippen LogP contribution in [0.3, 0.4) is 0 Å². The maximum Gasteiger partial charge on any atom is 0.358 e. The Labute approximate surface area is 112 Å². The first-order chi connectivity index (χ1) is 9.19. The van der Waals surface area contributed by atoms with E-state index in [2.05, 4.69) is 5.10 Å². The van der Waals surface area contributed by atoms with Crippen LogP contribution in [0.5, 0.6) is 0 Å². The molecule has 19 heavy (non-hydrogen) atoms. The van der Waals surface area contributed by atoms with Crippen LogP contribution in [0.4, 0.5) is 5.82 Å². The van der Waals surface area contributed by atoms with Crippen molar-refractivity contribution in [1.29, 1.82) is 0 Å². The highest BCUT2D eigenvalue weighted by molar-refractivity contribution is 5.90. The van der Waals surface area contributed by atoms with Gasteiger partial charge in [-0.2, -0.15) is 5.10 Å². The zero-order chi connectivity index (χ0) is 13.8. The van der Waals surface area contributed by atoms with E-state index in [0.29, 0.717) is 17.9 Å². The number of carbonyl (C=O) groups is 1. The lowest BCUT2D eigenvalue weighted by atomic mass is 10.1. The molecule has 0 spiro atoms. The van der Waals surface area contributed by atoms with Gasteiger partial charge in [-0.1, -0.05) is 31.5 Å². The van der Waals surface area contributed by atoms with Crippen LogP contribution in [0, 0.1) is 0 Å². The Balaban J connectivity index is 2.55. The summed E-state index contributed by atoms with van der Waals surface area (Å²) in [4.78, 5) is 11.8. The third-order valence-electron chi connectivity index (χ3n) is 2.90. The third-order valence-corrected chi connectivity index (χ3v) is 2.90. The maximum atomic E-state index is 11.8.